The van der Waals surface area contributed by atoms with Crippen LogP contribution in [0.2, 0.25) is 0 Å². The first-order valence-electron chi connectivity index (χ1n) is 6.59. The lowest BCUT2D eigenvalue weighted by Crippen LogP contribution is -2.29. The van der Waals surface area contributed by atoms with E-state index in [9.17, 15) is 14.4 Å². The molecule has 1 aromatic carbocycles. The topological polar surface area (TPSA) is 74.7 Å². The van der Waals surface area contributed by atoms with Crippen LogP contribution in [-0.2, 0) is 9.59 Å². The summed E-state index contributed by atoms with van der Waals surface area (Å²) in [5, 5.41) is 9.65. The second kappa shape index (κ2) is 5.37. The molecular formula is C15H13NO4S. The van der Waals surface area contributed by atoms with Gasteiger partial charge >= 0.3 is 5.97 Å². The van der Waals surface area contributed by atoms with Gasteiger partial charge in [-0.25, -0.2) is 0 Å². The van der Waals surface area contributed by atoms with Crippen LogP contribution in [0.15, 0.2) is 40.9 Å². The second-order valence-corrected chi connectivity index (χ2v) is 5.99. The quantitative estimate of drug-likeness (QED) is 0.858. The Labute approximate surface area is 125 Å². The highest BCUT2D eigenvalue weighted by molar-refractivity contribution is 8.03. The molecular weight excluding hydrogens is 290 g/mol. The number of benzene rings is 1. The fourth-order valence-corrected chi connectivity index (χ4v) is 3.87. The van der Waals surface area contributed by atoms with Crippen molar-refractivity contribution in [1.82, 2.24) is 4.90 Å². The van der Waals surface area contributed by atoms with E-state index in [0.717, 1.165) is 5.75 Å². The maximum atomic E-state index is 12.7. The molecule has 6 heteroatoms. The number of carbonyl (C=O) groups excluding carboxylic acids is 2. The molecule has 0 saturated carbocycles. The van der Waals surface area contributed by atoms with Gasteiger partial charge in [-0.15, -0.1) is 11.8 Å². The van der Waals surface area contributed by atoms with Gasteiger partial charge in [0.05, 0.1) is 17.4 Å². The summed E-state index contributed by atoms with van der Waals surface area (Å²) in [7, 11) is 0. The van der Waals surface area contributed by atoms with Gasteiger partial charge in [0.15, 0.2) is 5.78 Å². The number of aliphatic carboxylic acids is 1. The van der Waals surface area contributed by atoms with Crippen molar-refractivity contribution >= 4 is 29.4 Å². The molecule has 2 aliphatic heterocycles. The van der Waals surface area contributed by atoms with Gasteiger partial charge in [0.2, 0.25) is 5.91 Å². The first-order valence-corrected chi connectivity index (χ1v) is 7.58. The van der Waals surface area contributed by atoms with E-state index in [-0.39, 0.29) is 18.1 Å². The molecule has 21 heavy (non-hydrogen) atoms. The summed E-state index contributed by atoms with van der Waals surface area (Å²) in [4.78, 5) is 37.6. The Morgan fingerprint density at radius 3 is 2.67 bits per heavy atom. The molecule has 0 spiro atoms. The molecule has 1 N–H and O–H groups in total. The van der Waals surface area contributed by atoms with Crippen molar-refractivity contribution in [2.24, 2.45) is 5.92 Å². The standard InChI is InChI=1S/C15H13NO4S/c17-11(18)8-10-12(13(19)9-4-2-1-3-5-9)15-16(14(10)20)6-7-21-15/h1-5,10H,6-8H2,(H,17,18). The SMILES string of the molecule is O=C(O)CC1C(=O)N2CCSC2=C1C(=O)c1ccccc1. The number of nitrogens with zero attached hydrogens (tertiary/aromatic N) is 1. The van der Waals surface area contributed by atoms with E-state index in [1.807, 2.05) is 0 Å². The highest BCUT2D eigenvalue weighted by Crippen LogP contribution is 2.43. The van der Waals surface area contributed by atoms with Gasteiger partial charge in [0.25, 0.3) is 0 Å². The number of rotatable bonds is 4. The Bertz CT molecular complexity index is 653. The first-order chi connectivity index (χ1) is 10.1. The molecule has 5 nitrogen and oxygen atoms in total. The van der Waals surface area contributed by atoms with Crippen molar-refractivity contribution in [3.8, 4) is 0 Å². The lowest BCUT2D eigenvalue weighted by Gasteiger charge is -2.12. The largest absolute Gasteiger partial charge is 0.481 e. The van der Waals surface area contributed by atoms with Crippen molar-refractivity contribution < 1.29 is 19.5 Å². The molecule has 0 bridgehead atoms. The summed E-state index contributed by atoms with van der Waals surface area (Å²) in [6.45, 7) is 0.542. The van der Waals surface area contributed by atoms with Crippen molar-refractivity contribution in [3.63, 3.8) is 0 Å². The zero-order valence-corrected chi connectivity index (χ0v) is 11.9. The van der Waals surface area contributed by atoms with Crippen molar-refractivity contribution in [1.29, 1.82) is 0 Å². The predicted octanol–water partition coefficient (Wildman–Crippen LogP) is 1.76. The number of carboxylic acids is 1. The van der Waals surface area contributed by atoms with Gasteiger partial charge in [-0.3, -0.25) is 14.4 Å². The minimum atomic E-state index is -1.07. The molecule has 1 unspecified atom stereocenters. The summed E-state index contributed by atoms with van der Waals surface area (Å²) in [5.74, 6) is -1.71. The van der Waals surface area contributed by atoms with Gasteiger partial charge in [-0.1, -0.05) is 30.3 Å². The summed E-state index contributed by atoms with van der Waals surface area (Å²) in [5.41, 5.74) is 0.827. The van der Waals surface area contributed by atoms with Crippen molar-refractivity contribution in [2.45, 2.75) is 6.42 Å². The number of thioether (sulfide) groups is 1. The molecule has 108 valence electrons. The fourth-order valence-electron chi connectivity index (χ4n) is 2.67. The average molecular weight is 303 g/mol. The predicted molar refractivity (Wildman–Crippen MR) is 77.7 cm³/mol. The first kappa shape index (κ1) is 13.9. The number of fused-ring (bicyclic) bond motifs is 1. The molecule has 1 amide bonds. The second-order valence-electron chi connectivity index (χ2n) is 4.90. The van der Waals surface area contributed by atoms with Crippen LogP contribution in [0.25, 0.3) is 0 Å². The minimum Gasteiger partial charge on any atom is -0.481 e. The maximum Gasteiger partial charge on any atom is 0.304 e. The van der Waals surface area contributed by atoms with E-state index >= 15 is 0 Å². The number of hydrogen-bond donors (Lipinski definition) is 1. The van der Waals surface area contributed by atoms with Gasteiger partial charge in [-0.2, -0.15) is 0 Å². The fraction of sp³-hybridized carbons (Fsp3) is 0.267. The third-order valence-corrected chi connectivity index (χ3v) is 4.70. The lowest BCUT2D eigenvalue weighted by molar-refractivity contribution is -0.141. The summed E-state index contributed by atoms with van der Waals surface area (Å²) < 4.78 is 0. The highest BCUT2D eigenvalue weighted by atomic mass is 32.2. The summed E-state index contributed by atoms with van der Waals surface area (Å²) in [6, 6.07) is 8.67. The number of Topliss-reactive ketones (excluding diaryl/α,β-unsaturated/α-hetero) is 1. The zero-order valence-electron chi connectivity index (χ0n) is 11.1. The summed E-state index contributed by atoms with van der Waals surface area (Å²) >= 11 is 1.45. The molecule has 1 aromatic rings. The number of hydrogen-bond acceptors (Lipinski definition) is 4. The maximum absolute atomic E-state index is 12.7. The van der Waals surface area contributed by atoms with Gasteiger partial charge < -0.3 is 10.0 Å². The minimum absolute atomic E-state index is 0.248. The Balaban J connectivity index is 2.03. The molecule has 0 radical (unpaired) electrons. The molecule has 2 heterocycles. The van der Waals surface area contributed by atoms with E-state index in [1.54, 1.807) is 35.2 Å². The van der Waals surface area contributed by atoms with E-state index < -0.39 is 11.9 Å². The molecule has 0 aromatic heterocycles. The monoisotopic (exact) mass is 303 g/mol. The van der Waals surface area contributed by atoms with Crippen molar-refractivity contribution in [3.05, 3.63) is 46.5 Å². The normalized spacial score (nSPS) is 20.9. The Hall–Kier alpha value is -2.08. The smallest absolute Gasteiger partial charge is 0.304 e. The average Bonchev–Trinajstić information content (AvgIpc) is 3.03. The van der Waals surface area contributed by atoms with Crippen LogP contribution in [0, 0.1) is 5.92 Å². The van der Waals surface area contributed by atoms with Gasteiger partial charge in [0.1, 0.15) is 0 Å². The molecule has 1 atom stereocenters. The lowest BCUT2D eigenvalue weighted by atomic mass is 9.91. The Morgan fingerprint density at radius 2 is 2.00 bits per heavy atom. The number of amides is 1. The molecule has 0 aliphatic carbocycles. The third kappa shape index (κ3) is 2.35. The number of ketones is 1. The van der Waals surface area contributed by atoms with Crippen LogP contribution in [0.3, 0.4) is 0 Å². The summed E-state index contributed by atoms with van der Waals surface area (Å²) in [6.07, 6.45) is -0.340. The Kier molecular flexibility index (Phi) is 3.55. The van der Waals surface area contributed by atoms with Crippen LogP contribution in [0.5, 0.6) is 0 Å². The van der Waals surface area contributed by atoms with E-state index in [1.165, 1.54) is 11.8 Å². The highest BCUT2D eigenvalue weighted by Gasteiger charge is 2.45. The molecule has 1 saturated heterocycles. The van der Waals surface area contributed by atoms with Gasteiger partial charge in [0, 0.05) is 23.4 Å². The number of carboxylic acid groups (broad SMARTS) is 1. The third-order valence-electron chi connectivity index (χ3n) is 3.60. The number of carbonyl (C=O) groups is 3. The van der Waals surface area contributed by atoms with Crippen LogP contribution in [-0.4, -0.2) is 40.0 Å². The Morgan fingerprint density at radius 1 is 1.29 bits per heavy atom. The van der Waals surface area contributed by atoms with E-state index in [4.69, 9.17) is 5.11 Å². The van der Waals surface area contributed by atoms with Crippen LogP contribution >= 0.6 is 11.8 Å². The van der Waals surface area contributed by atoms with Crippen molar-refractivity contribution in [2.75, 3.05) is 12.3 Å². The van der Waals surface area contributed by atoms with Crippen LogP contribution in [0.1, 0.15) is 16.8 Å². The van der Waals surface area contributed by atoms with Gasteiger partial charge in [-0.05, 0) is 0 Å². The molecule has 1 fully saturated rings. The zero-order chi connectivity index (χ0) is 15.0. The van der Waals surface area contributed by atoms with Crippen LogP contribution in [0.4, 0.5) is 0 Å². The van der Waals surface area contributed by atoms with E-state index in [2.05, 4.69) is 0 Å². The molecule has 2 aliphatic rings. The van der Waals surface area contributed by atoms with E-state index in [0.29, 0.717) is 22.7 Å². The van der Waals surface area contributed by atoms with Crippen LogP contribution < -0.4 is 0 Å². The molecule has 3 rings (SSSR count).